The van der Waals surface area contributed by atoms with Gasteiger partial charge in [0.15, 0.2) is 0 Å². The number of carbonyl (C=O) groups excluding carboxylic acids is 7. The van der Waals surface area contributed by atoms with Crippen molar-refractivity contribution in [3.05, 3.63) is 124 Å². The molecule has 0 aliphatic carbocycles. The standard InChI is InChI=1S/C71H84F10N13O17P/c1-37-22-42(27-55(96)85-50(62(100)101)18-19-54(82)95)57(52(23-37)111-112(104,105)106)67(2,3)28-56(97)110-53(34-92(90-61(99)59(88-66(103)108-9)69(6,7)71(79,80)81)33-46-47(72)25-41(26-48(46)73)49-20-21-93(89-49)63(74)75)51(86-60(98)58(87-65(102)107-8)68(4,5)70(76,77)78)24-39-13-10-38(11-14-39)12-15-40-29-83-64(84-30-40)91-31-43-16-17-44(32-91)94(43)45-35-109-36-45/h10-11,13-14,20-23,25-26,29-30,43-45,50-51,53,58-59,63H,16-19,24,27-28,31-36H2,1-9H3,(H2,82,95)(H,85,96)(H,86,98)(H,87,102)(H,88,103)(H,90,99)(H,100,101)(H2,104,105,106)/t43?,44?,50-,51-,53-,58+,59+/m0/s1. The van der Waals surface area contributed by atoms with E-state index in [0.717, 1.165) is 38.3 Å². The first kappa shape index (κ1) is 87.4. The molecule has 0 radical (unpaired) electrons. The van der Waals surface area contributed by atoms with Crippen LogP contribution in [0.3, 0.4) is 0 Å². The molecule has 0 spiro atoms. The van der Waals surface area contributed by atoms with E-state index in [-0.39, 0.29) is 32.5 Å². The minimum atomic E-state index is -5.64. The van der Waals surface area contributed by atoms with Crippen molar-refractivity contribution in [1.82, 2.24) is 56.4 Å². The minimum Gasteiger partial charge on any atom is -0.480 e. The molecule has 3 aromatic carbocycles. The number of halogens is 10. The number of amides is 6. The summed E-state index contributed by atoms with van der Waals surface area (Å²) >= 11 is 0. The quantitative estimate of drug-likeness (QED) is 0.00518. The molecular formula is C71H84F10N13O17P. The molecule has 3 aliphatic rings. The highest BCUT2D eigenvalue weighted by Crippen LogP contribution is 2.47. The Hall–Kier alpha value is -10.2. The number of aliphatic carboxylic acids is 1. The Balaban J connectivity index is 1.27. The van der Waals surface area contributed by atoms with Crippen molar-refractivity contribution in [3.8, 4) is 28.8 Å². The number of aromatic nitrogens is 4. The van der Waals surface area contributed by atoms with Crippen LogP contribution in [0.15, 0.2) is 73.2 Å². The molecule has 3 fully saturated rings. The van der Waals surface area contributed by atoms with E-state index in [1.807, 2.05) is 10.7 Å². The second-order valence-electron chi connectivity index (χ2n) is 28.9. The highest BCUT2D eigenvalue weighted by Gasteiger charge is 2.58. The van der Waals surface area contributed by atoms with Crippen LogP contribution in [0.1, 0.15) is 119 Å². The smallest absolute Gasteiger partial charge is 0.480 e. The maximum Gasteiger partial charge on any atom is 0.524 e. The van der Waals surface area contributed by atoms with Gasteiger partial charge >= 0.3 is 50.8 Å². The Morgan fingerprint density at radius 1 is 0.768 bits per heavy atom. The largest absolute Gasteiger partial charge is 0.524 e. The number of carboxylic acids is 1. The molecule has 610 valence electrons. The molecule has 0 saturated carbocycles. The van der Waals surface area contributed by atoms with E-state index in [0.29, 0.717) is 108 Å². The van der Waals surface area contributed by atoms with Crippen molar-refractivity contribution >= 4 is 61.5 Å². The zero-order valence-electron chi connectivity index (χ0n) is 61.8. The van der Waals surface area contributed by atoms with Gasteiger partial charge in [0.05, 0.1) is 81.0 Å². The molecule has 3 saturated heterocycles. The number of anilines is 1. The third-order valence-electron chi connectivity index (χ3n) is 19.4. The average Bonchev–Trinajstić information content (AvgIpc) is 1.22. The van der Waals surface area contributed by atoms with Crippen LogP contribution in [0, 0.1) is 41.2 Å². The number of hydrogen-bond donors (Lipinski definition) is 9. The molecule has 41 heteroatoms. The van der Waals surface area contributed by atoms with Gasteiger partial charge < -0.3 is 60.5 Å². The average molecular weight is 1610 g/mol. The number of ether oxygens (including phenoxy) is 4. The van der Waals surface area contributed by atoms with E-state index in [4.69, 9.17) is 19.7 Å². The fraction of sp³-hybridized carbons (Fsp3) is 0.507. The lowest BCUT2D eigenvalue weighted by molar-refractivity contribution is -0.221. The number of nitrogens with two attached hydrogens (primary N) is 1. The van der Waals surface area contributed by atoms with Crippen LogP contribution in [0.25, 0.3) is 11.3 Å². The molecular weight excluding hydrogens is 1530 g/mol. The van der Waals surface area contributed by atoms with Crippen LogP contribution >= 0.6 is 7.82 Å². The van der Waals surface area contributed by atoms with E-state index in [9.17, 15) is 57.0 Å². The van der Waals surface area contributed by atoms with Crippen molar-refractivity contribution in [2.45, 2.75) is 173 Å². The summed E-state index contributed by atoms with van der Waals surface area (Å²) in [6.07, 6.45) is -14.4. The van der Waals surface area contributed by atoms with Crippen LogP contribution < -0.4 is 41.9 Å². The Morgan fingerprint density at radius 2 is 1.33 bits per heavy atom. The Morgan fingerprint density at radius 3 is 1.83 bits per heavy atom. The summed E-state index contributed by atoms with van der Waals surface area (Å²) in [7, 11) is -4.19. The lowest BCUT2D eigenvalue weighted by atomic mass is 9.77. The summed E-state index contributed by atoms with van der Waals surface area (Å²) in [5.41, 5.74) is -3.14. The Kier molecular flexibility index (Phi) is 27.8. The monoisotopic (exact) mass is 1610 g/mol. The van der Waals surface area contributed by atoms with Gasteiger partial charge in [-0.05, 0) is 113 Å². The number of alkyl halides is 8. The van der Waals surface area contributed by atoms with Gasteiger partial charge in [0.1, 0.15) is 41.6 Å². The molecule has 5 heterocycles. The number of hydrazine groups is 1. The van der Waals surface area contributed by atoms with E-state index in [1.165, 1.54) is 63.5 Å². The number of carboxylic acid groups (broad SMARTS) is 1. The van der Waals surface area contributed by atoms with Crippen LogP contribution in [0.4, 0.5) is 59.4 Å². The predicted molar refractivity (Wildman–Crippen MR) is 374 cm³/mol. The van der Waals surface area contributed by atoms with Crippen LogP contribution in [0.2, 0.25) is 0 Å². The van der Waals surface area contributed by atoms with Crippen molar-refractivity contribution in [3.63, 3.8) is 0 Å². The third-order valence-corrected chi connectivity index (χ3v) is 19.8. The van der Waals surface area contributed by atoms with Crippen molar-refractivity contribution in [2.24, 2.45) is 16.6 Å². The molecule has 112 heavy (non-hydrogen) atoms. The number of alkyl carbamates (subject to hydrolysis) is 2. The Bertz CT molecular complexity index is 4360. The van der Waals surface area contributed by atoms with Gasteiger partial charge in [-0.3, -0.25) is 44.1 Å². The van der Waals surface area contributed by atoms with Crippen molar-refractivity contribution in [2.75, 3.05) is 52.0 Å². The maximum absolute atomic E-state index is 16.9. The molecule has 2 aromatic heterocycles. The normalized spacial score (nSPS) is 17.0. The number of hydrogen-bond acceptors (Lipinski definition) is 20. The molecule has 2 unspecified atom stereocenters. The summed E-state index contributed by atoms with van der Waals surface area (Å²) in [6, 6.07) is 1.57. The van der Waals surface area contributed by atoms with Gasteiger partial charge in [0.2, 0.25) is 23.7 Å². The molecule has 3 aliphatic heterocycles. The van der Waals surface area contributed by atoms with Crippen molar-refractivity contribution < 1.29 is 125 Å². The number of nitrogens with zero attached hydrogens (tertiary/aromatic N) is 7. The molecule has 5 aromatic rings. The van der Waals surface area contributed by atoms with E-state index in [1.54, 1.807) is 5.32 Å². The van der Waals surface area contributed by atoms with Crippen LogP contribution in [-0.4, -0.2) is 200 Å². The summed E-state index contributed by atoms with van der Waals surface area (Å²) in [4.78, 5) is 143. The zero-order valence-corrected chi connectivity index (χ0v) is 62.7. The second kappa shape index (κ2) is 35.7. The fourth-order valence-electron chi connectivity index (χ4n) is 13.2. The van der Waals surface area contributed by atoms with Gasteiger partial charge in [-0.1, -0.05) is 43.9 Å². The van der Waals surface area contributed by atoms with Crippen LogP contribution in [-0.2, 0) is 77.1 Å². The third kappa shape index (κ3) is 22.1. The summed E-state index contributed by atoms with van der Waals surface area (Å²) in [5.74, 6) is -6.29. The first-order valence-corrected chi connectivity index (χ1v) is 36.1. The first-order chi connectivity index (χ1) is 52.2. The number of methoxy groups -OCH3 is 2. The number of phosphoric acid groups is 1. The van der Waals surface area contributed by atoms with Gasteiger partial charge in [0, 0.05) is 84.4 Å². The van der Waals surface area contributed by atoms with E-state index >= 15 is 44.7 Å². The number of benzene rings is 3. The number of phosphoric ester groups is 1. The molecule has 30 nitrogen and oxygen atoms in total. The van der Waals surface area contributed by atoms with Gasteiger partial charge in [-0.15, -0.1) is 0 Å². The van der Waals surface area contributed by atoms with Gasteiger partial charge in [-0.25, -0.2) is 47.4 Å². The van der Waals surface area contributed by atoms with Crippen LogP contribution in [0.5, 0.6) is 5.75 Å². The number of fused-ring (bicyclic) bond motifs is 2. The number of esters is 1. The predicted octanol–water partition coefficient (Wildman–Crippen LogP) is 7.09. The van der Waals surface area contributed by atoms with Crippen molar-refractivity contribution in [1.29, 1.82) is 0 Å². The van der Waals surface area contributed by atoms with E-state index < -0.39 is 200 Å². The SMILES string of the molecule is COC(=O)N[C@H](C(=O)N[C@@H](Cc1ccc(C#Cc2cnc(N3CC4CCC(C3)N4C3COC3)nc2)cc1)[C@H](CN(Cc1c(F)cc(-c2ccn(C(F)F)n2)cc1F)NC(=O)[C@@H](NC(=O)OC)C(C)(C)C(F)(F)F)OC(=O)CC(C)(C)c1c(CC(=O)N[C@@H](CCC(N)=O)C(=O)O)cc(C)cc1OP(=O)(O)O)C(C)(C)C(F)(F)F. The molecule has 8 rings (SSSR count). The fourth-order valence-corrected chi connectivity index (χ4v) is 13.6. The second-order valence-corrected chi connectivity index (χ2v) is 30.0. The molecule has 7 atom stereocenters. The number of rotatable bonds is 32. The maximum atomic E-state index is 16.9. The lowest BCUT2D eigenvalue weighted by Crippen LogP contribution is -2.64. The number of piperazine rings is 1. The summed E-state index contributed by atoms with van der Waals surface area (Å²) in [6.45, 7) is 2.42. The number of nitrogens with one attached hydrogen (secondary N) is 5. The molecule has 10 N–H and O–H groups in total. The van der Waals surface area contributed by atoms with Gasteiger partial charge in [0.25, 0.3) is 5.91 Å². The first-order valence-electron chi connectivity index (χ1n) is 34.6. The van der Waals surface area contributed by atoms with E-state index in [2.05, 4.69) is 56.8 Å². The zero-order chi connectivity index (χ0) is 82.9. The summed E-state index contributed by atoms with van der Waals surface area (Å²) < 4.78 is 191. The molecule has 6 amide bonds. The molecule has 2 bridgehead atoms. The van der Waals surface area contributed by atoms with Gasteiger partial charge in [-0.2, -0.15) is 40.2 Å². The Labute approximate surface area is 634 Å². The minimum absolute atomic E-state index is 0.0600. The number of carbonyl (C=O) groups is 8. The number of aryl methyl sites for hydroxylation is 1. The summed E-state index contributed by atoms with van der Waals surface area (Å²) in [5, 5.41) is 22.1. The number of primary amides is 1. The highest BCUT2D eigenvalue weighted by atomic mass is 31.2. The lowest BCUT2D eigenvalue weighted by Gasteiger charge is -2.47. The topological polar surface area (TPSA) is 400 Å². The highest BCUT2D eigenvalue weighted by molar-refractivity contribution is 7.46.